The van der Waals surface area contributed by atoms with Gasteiger partial charge in [0.25, 0.3) is 0 Å². The van der Waals surface area contributed by atoms with Crippen LogP contribution in [-0.2, 0) is 22.6 Å². The van der Waals surface area contributed by atoms with E-state index in [-0.39, 0.29) is 16.1 Å². The Hall–Kier alpha value is -4.03. The van der Waals surface area contributed by atoms with E-state index in [1.54, 1.807) is 36.4 Å². The van der Waals surface area contributed by atoms with Crippen LogP contribution in [0, 0.1) is 5.82 Å². The van der Waals surface area contributed by atoms with Crippen molar-refractivity contribution in [1.82, 2.24) is 9.78 Å². The predicted octanol–water partition coefficient (Wildman–Crippen LogP) is 5.32. The molecular formula is C25H20F4N4O3S. The molecule has 3 aromatic carbocycles. The molecule has 1 aromatic heterocycles. The first-order valence-corrected chi connectivity index (χ1v) is 12.6. The molecule has 0 fully saturated rings. The number of nitrogens with one attached hydrogen (secondary N) is 1. The van der Waals surface area contributed by atoms with E-state index in [0.717, 1.165) is 24.1 Å². The quantitative estimate of drug-likeness (QED) is 0.339. The van der Waals surface area contributed by atoms with E-state index >= 15 is 0 Å². The summed E-state index contributed by atoms with van der Waals surface area (Å²) >= 11 is 0. The van der Waals surface area contributed by atoms with Gasteiger partial charge in [0.15, 0.2) is 15.5 Å². The summed E-state index contributed by atoms with van der Waals surface area (Å²) in [5.74, 6) is -0.804. The number of anilines is 1. The van der Waals surface area contributed by atoms with Gasteiger partial charge in [-0.15, -0.1) is 0 Å². The molecule has 1 amide bonds. The molecule has 0 aliphatic heterocycles. The van der Waals surface area contributed by atoms with Gasteiger partial charge in [0.05, 0.1) is 10.6 Å². The summed E-state index contributed by atoms with van der Waals surface area (Å²) < 4.78 is 77.7. The van der Waals surface area contributed by atoms with E-state index in [1.165, 1.54) is 18.2 Å². The summed E-state index contributed by atoms with van der Waals surface area (Å²) in [5, 5.41) is 5.81. The third-order valence-electron chi connectivity index (χ3n) is 5.53. The second-order valence-electron chi connectivity index (χ2n) is 8.15. The van der Waals surface area contributed by atoms with Crippen LogP contribution in [0.25, 0.3) is 22.3 Å². The Morgan fingerprint density at radius 3 is 2.19 bits per heavy atom. The Balaban J connectivity index is 1.77. The number of benzene rings is 3. The number of rotatable bonds is 5. The van der Waals surface area contributed by atoms with E-state index in [2.05, 4.69) is 10.4 Å². The zero-order chi connectivity index (χ0) is 27.0. The number of hydrogen-bond donors (Lipinski definition) is 2. The molecule has 7 nitrogen and oxygen atoms in total. The molecular weight excluding hydrogens is 512 g/mol. The molecule has 4 rings (SSSR count). The second-order valence-corrected chi connectivity index (χ2v) is 10.2. The molecule has 12 heteroatoms. The number of halogens is 4. The lowest BCUT2D eigenvalue weighted by Gasteiger charge is -2.15. The Kier molecular flexibility index (Phi) is 6.89. The number of carbonyl (C=O) groups excluding carboxylic acids is 1. The summed E-state index contributed by atoms with van der Waals surface area (Å²) in [4.78, 5) is 12.6. The smallest absolute Gasteiger partial charge is 0.326 e. The lowest BCUT2D eigenvalue weighted by Crippen LogP contribution is -2.21. The molecule has 0 unspecified atom stereocenters. The SMILES string of the molecule is CS(=O)(=O)c1ccc(-c2ccc(-c3ccc(CN)cc3)c(NC(=O)n3ccc(C(F)(F)F)n3)c2)c(F)c1. The number of amides is 1. The van der Waals surface area contributed by atoms with E-state index in [1.807, 2.05) is 0 Å². The Morgan fingerprint density at radius 2 is 1.62 bits per heavy atom. The van der Waals surface area contributed by atoms with Crippen LogP contribution in [0.2, 0.25) is 0 Å². The van der Waals surface area contributed by atoms with Crippen LogP contribution in [0.1, 0.15) is 11.3 Å². The topological polar surface area (TPSA) is 107 Å². The van der Waals surface area contributed by atoms with Crippen LogP contribution in [-0.4, -0.2) is 30.5 Å². The summed E-state index contributed by atoms with van der Waals surface area (Å²) in [7, 11) is -3.63. The maximum atomic E-state index is 14.9. The van der Waals surface area contributed by atoms with Gasteiger partial charge in [0.1, 0.15) is 5.82 Å². The molecule has 0 spiro atoms. The minimum Gasteiger partial charge on any atom is -0.326 e. The summed E-state index contributed by atoms with van der Waals surface area (Å²) in [6, 6.07) is 14.8. The second kappa shape index (κ2) is 9.79. The van der Waals surface area contributed by atoms with Crippen LogP contribution in [0.5, 0.6) is 0 Å². The molecule has 0 radical (unpaired) electrons. The van der Waals surface area contributed by atoms with Crippen molar-refractivity contribution >= 4 is 21.6 Å². The first-order chi connectivity index (χ1) is 17.4. The lowest BCUT2D eigenvalue weighted by molar-refractivity contribution is -0.141. The van der Waals surface area contributed by atoms with Crippen LogP contribution in [0.15, 0.2) is 77.8 Å². The zero-order valence-corrected chi connectivity index (χ0v) is 20.1. The first-order valence-electron chi connectivity index (χ1n) is 10.7. The van der Waals surface area contributed by atoms with Gasteiger partial charge < -0.3 is 11.1 Å². The highest BCUT2D eigenvalue weighted by molar-refractivity contribution is 7.90. The van der Waals surface area contributed by atoms with Crippen molar-refractivity contribution in [1.29, 1.82) is 0 Å². The highest BCUT2D eigenvalue weighted by atomic mass is 32.2. The van der Waals surface area contributed by atoms with Gasteiger partial charge in [0.2, 0.25) is 0 Å². The van der Waals surface area contributed by atoms with Gasteiger partial charge in [-0.3, -0.25) is 0 Å². The van der Waals surface area contributed by atoms with E-state index in [9.17, 15) is 30.8 Å². The number of aromatic nitrogens is 2. The largest absolute Gasteiger partial charge is 0.435 e. The molecule has 0 atom stereocenters. The third-order valence-corrected chi connectivity index (χ3v) is 6.64. The molecule has 0 aliphatic carbocycles. The lowest BCUT2D eigenvalue weighted by atomic mass is 9.97. The Labute approximate surface area is 209 Å². The molecule has 192 valence electrons. The van der Waals surface area contributed by atoms with Crippen molar-refractivity contribution in [2.24, 2.45) is 5.73 Å². The zero-order valence-electron chi connectivity index (χ0n) is 19.3. The van der Waals surface area contributed by atoms with Crippen molar-refractivity contribution in [3.8, 4) is 22.3 Å². The summed E-state index contributed by atoms with van der Waals surface area (Å²) in [5.41, 5.74) is 6.95. The Morgan fingerprint density at radius 1 is 0.973 bits per heavy atom. The van der Waals surface area contributed by atoms with Crippen molar-refractivity contribution in [2.75, 3.05) is 11.6 Å². The fraction of sp³-hybridized carbons (Fsp3) is 0.120. The standard InChI is InChI=1S/C25H20F4N4O3S/c1-37(35,36)18-7-9-19(21(26)13-18)17-6-8-20(16-4-2-15(14-30)3-5-16)22(12-17)31-24(34)33-11-10-23(32-33)25(27,28)29/h2-13H,14,30H2,1H3,(H,31,34). The molecule has 0 aliphatic rings. The Bertz CT molecular complexity index is 1580. The highest BCUT2D eigenvalue weighted by Gasteiger charge is 2.34. The maximum Gasteiger partial charge on any atom is 0.435 e. The van der Waals surface area contributed by atoms with Gasteiger partial charge in [-0.2, -0.15) is 23.0 Å². The van der Waals surface area contributed by atoms with Gasteiger partial charge in [-0.05, 0) is 41.0 Å². The number of carbonyl (C=O) groups is 1. The molecule has 0 bridgehead atoms. The van der Waals surface area contributed by atoms with Crippen LogP contribution in [0.4, 0.5) is 28.0 Å². The third kappa shape index (κ3) is 5.70. The van der Waals surface area contributed by atoms with Gasteiger partial charge in [-0.25, -0.2) is 17.6 Å². The molecule has 37 heavy (non-hydrogen) atoms. The monoisotopic (exact) mass is 532 g/mol. The number of sulfone groups is 1. The van der Waals surface area contributed by atoms with E-state index in [4.69, 9.17) is 5.73 Å². The molecule has 0 saturated heterocycles. The summed E-state index contributed by atoms with van der Waals surface area (Å²) in [6.07, 6.45) is -2.89. The average Bonchev–Trinajstić information content (AvgIpc) is 3.35. The van der Waals surface area contributed by atoms with E-state index in [0.29, 0.717) is 34.0 Å². The van der Waals surface area contributed by atoms with Crippen molar-refractivity contribution in [2.45, 2.75) is 17.6 Å². The predicted molar refractivity (Wildman–Crippen MR) is 130 cm³/mol. The van der Waals surface area contributed by atoms with Crippen molar-refractivity contribution < 1.29 is 30.8 Å². The molecule has 1 heterocycles. The fourth-order valence-electron chi connectivity index (χ4n) is 3.61. The fourth-order valence-corrected chi connectivity index (χ4v) is 4.24. The summed E-state index contributed by atoms with van der Waals surface area (Å²) in [6.45, 7) is 0.312. The number of alkyl halides is 3. The van der Waals surface area contributed by atoms with Gasteiger partial charge >= 0.3 is 12.2 Å². The molecule has 0 saturated carbocycles. The minimum absolute atomic E-state index is 0.0615. The van der Waals surface area contributed by atoms with E-state index < -0.39 is 33.6 Å². The average molecular weight is 533 g/mol. The minimum atomic E-state index is -4.73. The van der Waals surface area contributed by atoms with Crippen LogP contribution < -0.4 is 11.1 Å². The molecule has 3 N–H and O–H groups in total. The number of nitrogens with zero attached hydrogens (tertiary/aromatic N) is 2. The molecule has 4 aromatic rings. The number of hydrogen-bond acceptors (Lipinski definition) is 5. The maximum absolute atomic E-state index is 14.9. The van der Waals surface area contributed by atoms with Crippen LogP contribution in [0.3, 0.4) is 0 Å². The number of nitrogens with two attached hydrogens (primary N) is 1. The van der Waals surface area contributed by atoms with Crippen LogP contribution >= 0.6 is 0 Å². The van der Waals surface area contributed by atoms with Gasteiger partial charge in [0, 0.05) is 30.1 Å². The first kappa shape index (κ1) is 26.0. The van der Waals surface area contributed by atoms with Crippen molar-refractivity contribution in [3.63, 3.8) is 0 Å². The van der Waals surface area contributed by atoms with Crippen molar-refractivity contribution in [3.05, 3.63) is 90.0 Å². The normalized spacial score (nSPS) is 11.9. The van der Waals surface area contributed by atoms with Gasteiger partial charge in [-0.1, -0.05) is 42.5 Å². The highest BCUT2D eigenvalue weighted by Crippen LogP contribution is 2.35.